The molecule has 30 heavy (non-hydrogen) atoms. The number of H-pyrrole nitrogens is 1. The summed E-state index contributed by atoms with van der Waals surface area (Å²) >= 11 is 1.55. The molecule has 2 aromatic heterocycles. The predicted octanol–water partition coefficient (Wildman–Crippen LogP) is 3.86. The lowest BCUT2D eigenvalue weighted by atomic mass is 10.2. The van der Waals surface area contributed by atoms with Gasteiger partial charge in [0.15, 0.2) is 9.84 Å². The maximum absolute atomic E-state index is 12.6. The Morgan fingerprint density at radius 1 is 1.20 bits per heavy atom. The average molecular weight is 442 g/mol. The molecular weight excluding hydrogens is 428 g/mol. The number of fused-ring (bicyclic) bond motifs is 1. The molecule has 0 fully saturated rings. The standard InChI is InChI=1S/C19H14N4O5S2/c1-30(27,28)17-7-4-11(9-15(17)23(25)26)19(24)20-12-5-6-13-14(10-12)22-18(21-13)16-3-2-8-29-16/h2-10H,1H3,(H,20,24)(H,21,22). The van der Waals surface area contributed by atoms with Crippen molar-refractivity contribution in [2.75, 3.05) is 11.6 Å². The van der Waals surface area contributed by atoms with Crippen LogP contribution in [0.1, 0.15) is 10.4 Å². The number of anilines is 1. The lowest BCUT2D eigenvalue weighted by molar-refractivity contribution is -0.387. The quantitative estimate of drug-likeness (QED) is 0.356. The number of benzene rings is 2. The molecule has 0 aliphatic carbocycles. The molecule has 11 heteroatoms. The van der Waals surface area contributed by atoms with Crippen LogP contribution < -0.4 is 5.32 Å². The highest BCUT2D eigenvalue weighted by atomic mass is 32.2. The van der Waals surface area contributed by atoms with Crippen molar-refractivity contribution in [2.45, 2.75) is 4.90 Å². The van der Waals surface area contributed by atoms with E-state index in [0.29, 0.717) is 5.69 Å². The third-order valence-corrected chi connectivity index (χ3v) is 6.33. The van der Waals surface area contributed by atoms with Crippen LogP contribution in [-0.4, -0.2) is 35.5 Å². The minimum absolute atomic E-state index is 0.0296. The van der Waals surface area contributed by atoms with Crippen LogP contribution in [0.15, 0.2) is 58.8 Å². The highest BCUT2D eigenvalue weighted by Crippen LogP contribution is 2.27. The zero-order valence-corrected chi connectivity index (χ0v) is 17.1. The molecule has 0 bridgehead atoms. The van der Waals surface area contributed by atoms with Gasteiger partial charge in [0, 0.05) is 23.6 Å². The second-order valence-corrected chi connectivity index (χ2v) is 9.39. The van der Waals surface area contributed by atoms with Gasteiger partial charge in [-0.25, -0.2) is 13.4 Å². The van der Waals surface area contributed by atoms with Crippen molar-refractivity contribution in [3.05, 3.63) is 69.6 Å². The first-order chi connectivity index (χ1) is 14.2. The Hall–Kier alpha value is -3.57. The minimum Gasteiger partial charge on any atom is -0.337 e. The zero-order valence-electron chi connectivity index (χ0n) is 15.4. The van der Waals surface area contributed by atoms with E-state index in [2.05, 4.69) is 15.3 Å². The topological polar surface area (TPSA) is 135 Å². The Morgan fingerprint density at radius 2 is 2.00 bits per heavy atom. The number of aromatic nitrogens is 2. The molecule has 0 radical (unpaired) electrons. The number of hydrogen-bond acceptors (Lipinski definition) is 7. The van der Waals surface area contributed by atoms with Gasteiger partial charge >= 0.3 is 0 Å². The van der Waals surface area contributed by atoms with Gasteiger partial charge in [0.25, 0.3) is 11.6 Å². The fourth-order valence-corrected chi connectivity index (χ4v) is 4.43. The third-order valence-electron chi connectivity index (χ3n) is 4.31. The van der Waals surface area contributed by atoms with Crippen LogP contribution in [0, 0.1) is 10.1 Å². The summed E-state index contributed by atoms with van der Waals surface area (Å²) < 4.78 is 23.5. The Morgan fingerprint density at radius 3 is 2.67 bits per heavy atom. The molecule has 4 rings (SSSR count). The molecule has 0 saturated heterocycles. The number of carbonyl (C=O) groups is 1. The van der Waals surface area contributed by atoms with Crippen molar-refractivity contribution in [1.82, 2.24) is 9.97 Å². The number of nitro benzene ring substituents is 1. The lowest BCUT2D eigenvalue weighted by Gasteiger charge is -2.07. The molecule has 0 aliphatic heterocycles. The number of thiophene rings is 1. The third kappa shape index (κ3) is 3.80. The Bertz CT molecular complexity index is 1390. The van der Waals surface area contributed by atoms with E-state index in [-0.39, 0.29) is 5.56 Å². The van der Waals surface area contributed by atoms with Crippen LogP contribution in [0.5, 0.6) is 0 Å². The molecule has 0 spiro atoms. The second-order valence-electron chi connectivity index (χ2n) is 6.46. The molecule has 0 saturated carbocycles. The first-order valence-corrected chi connectivity index (χ1v) is 11.3. The largest absolute Gasteiger partial charge is 0.337 e. The second kappa shape index (κ2) is 7.35. The van der Waals surface area contributed by atoms with Crippen LogP contribution in [0.25, 0.3) is 21.7 Å². The lowest BCUT2D eigenvalue weighted by Crippen LogP contribution is -2.13. The molecule has 2 N–H and O–H groups in total. The summed E-state index contributed by atoms with van der Waals surface area (Å²) in [5, 5.41) is 15.9. The van der Waals surface area contributed by atoms with Gasteiger partial charge in [-0.05, 0) is 41.8 Å². The highest BCUT2D eigenvalue weighted by molar-refractivity contribution is 7.90. The predicted molar refractivity (Wildman–Crippen MR) is 114 cm³/mol. The highest BCUT2D eigenvalue weighted by Gasteiger charge is 2.24. The monoisotopic (exact) mass is 442 g/mol. The number of rotatable bonds is 5. The molecule has 2 aromatic carbocycles. The Labute approximate surface area is 174 Å². The van der Waals surface area contributed by atoms with E-state index in [4.69, 9.17) is 0 Å². The molecular formula is C19H14N4O5S2. The van der Waals surface area contributed by atoms with Gasteiger partial charge in [0.1, 0.15) is 10.7 Å². The van der Waals surface area contributed by atoms with Gasteiger partial charge in [0.2, 0.25) is 0 Å². The molecule has 152 valence electrons. The smallest absolute Gasteiger partial charge is 0.288 e. The van der Waals surface area contributed by atoms with Crippen LogP contribution in [-0.2, 0) is 9.84 Å². The number of sulfone groups is 1. The summed E-state index contributed by atoms with van der Waals surface area (Å²) in [5.41, 5.74) is 1.23. The first kappa shape index (κ1) is 19.7. The van der Waals surface area contributed by atoms with Gasteiger partial charge < -0.3 is 10.3 Å². The van der Waals surface area contributed by atoms with Gasteiger partial charge in [-0.3, -0.25) is 14.9 Å². The van der Waals surface area contributed by atoms with Gasteiger partial charge in [0.05, 0.1) is 20.8 Å². The van der Waals surface area contributed by atoms with Crippen molar-refractivity contribution >= 4 is 49.5 Å². The number of carbonyl (C=O) groups excluding carboxylic acids is 1. The zero-order chi connectivity index (χ0) is 21.5. The summed E-state index contributed by atoms with van der Waals surface area (Å²) in [7, 11) is -3.80. The molecule has 2 heterocycles. The Balaban J connectivity index is 1.63. The summed E-state index contributed by atoms with van der Waals surface area (Å²) in [4.78, 5) is 31.2. The van der Waals surface area contributed by atoms with E-state index in [1.807, 2.05) is 17.5 Å². The maximum Gasteiger partial charge on any atom is 0.288 e. The van der Waals surface area contributed by atoms with E-state index >= 15 is 0 Å². The molecule has 9 nitrogen and oxygen atoms in total. The van der Waals surface area contributed by atoms with E-state index in [1.165, 1.54) is 6.07 Å². The fraction of sp³-hybridized carbons (Fsp3) is 0.0526. The van der Waals surface area contributed by atoms with Crippen LogP contribution in [0.3, 0.4) is 0 Å². The molecule has 0 atom stereocenters. The Kier molecular flexibility index (Phi) is 4.84. The summed E-state index contributed by atoms with van der Waals surface area (Å²) in [6, 6.07) is 12.2. The van der Waals surface area contributed by atoms with Crippen molar-refractivity contribution in [1.29, 1.82) is 0 Å². The average Bonchev–Trinajstić information content (AvgIpc) is 3.35. The van der Waals surface area contributed by atoms with Crippen molar-refractivity contribution in [2.24, 2.45) is 0 Å². The summed E-state index contributed by atoms with van der Waals surface area (Å²) in [5.74, 6) is 0.117. The van der Waals surface area contributed by atoms with Crippen LogP contribution >= 0.6 is 11.3 Å². The number of nitro groups is 1. The number of nitrogens with one attached hydrogen (secondary N) is 2. The molecule has 4 aromatic rings. The van der Waals surface area contributed by atoms with Gasteiger partial charge in [-0.1, -0.05) is 6.07 Å². The summed E-state index contributed by atoms with van der Waals surface area (Å²) in [6.07, 6.45) is 0.874. The molecule has 1 amide bonds. The first-order valence-electron chi connectivity index (χ1n) is 8.56. The van der Waals surface area contributed by atoms with Gasteiger partial charge in [-0.2, -0.15) is 0 Å². The van der Waals surface area contributed by atoms with E-state index in [9.17, 15) is 23.3 Å². The van der Waals surface area contributed by atoms with Gasteiger partial charge in [-0.15, -0.1) is 11.3 Å². The molecule has 0 unspecified atom stereocenters. The van der Waals surface area contributed by atoms with E-state index < -0.39 is 31.3 Å². The number of amides is 1. The number of imidazole rings is 1. The van der Waals surface area contributed by atoms with Crippen molar-refractivity contribution in [3.63, 3.8) is 0 Å². The van der Waals surface area contributed by atoms with E-state index in [0.717, 1.165) is 40.1 Å². The number of hydrogen-bond donors (Lipinski definition) is 2. The van der Waals surface area contributed by atoms with Crippen molar-refractivity contribution in [3.8, 4) is 10.7 Å². The van der Waals surface area contributed by atoms with E-state index in [1.54, 1.807) is 29.5 Å². The SMILES string of the molecule is CS(=O)(=O)c1ccc(C(=O)Nc2ccc3nc(-c4cccs4)[nH]c3c2)cc1[N+](=O)[O-]. The number of aromatic amines is 1. The summed E-state index contributed by atoms with van der Waals surface area (Å²) in [6.45, 7) is 0. The van der Waals surface area contributed by atoms with Crippen LogP contribution in [0.4, 0.5) is 11.4 Å². The fourth-order valence-electron chi connectivity index (χ4n) is 2.94. The maximum atomic E-state index is 12.6. The normalized spacial score (nSPS) is 11.5. The molecule has 0 aliphatic rings. The van der Waals surface area contributed by atoms with Crippen LogP contribution in [0.2, 0.25) is 0 Å². The minimum atomic E-state index is -3.80. The van der Waals surface area contributed by atoms with Crippen molar-refractivity contribution < 1.29 is 18.1 Å². The number of nitrogens with zero attached hydrogens (tertiary/aromatic N) is 2.